The number of carbonyl (C=O) groups is 1. The summed E-state index contributed by atoms with van der Waals surface area (Å²) >= 11 is 0. The maximum absolute atomic E-state index is 13.3. The average Bonchev–Trinajstić information content (AvgIpc) is 3.68. The molecule has 0 aliphatic carbocycles. The van der Waals surface area contributed by atoms with Gasteiger partial charge in [0.2, 0.25) is 6.54 Å². The maximum atomic E-state index is 13.3. The molecule has 1 amide bonds. The molecule has 2 atom stereocenters. The number of hydrogen-bond donors (Lipinski definition) is 0. The average molecular weight is 699 g/mol. The molecule has 0 saturated carbocycles. The minimum absolute atomic E-state index is 0.0563. The lowest BCUT2D eigenvalue weighted by Crippen LogP contribution is -2.57. The van der Waals surface area contributed by atoms with Gasteiger partial charge < -0.3 is 33.4 Å². The van der Waals surface area contributed by atoms with Gasteiger partial charge >= 0.3 is 12.1 Å². The van der Waals surface area contributed by atoms with Gasteiger partial charge in [-0.05, 0) is 42.7 Å². The van der Waals surface area contributed by atoms with Crippen LogP contribution in [0.4, 0.5) is 16.3 Å². The van der Waals surface area contributed by atoms with Gasteiger partial charge in [-0.25, -0.2) is 16.4 Å². The Balaban J connectivity index is 1.07. The summed E-state index contributed by atoms with van der Waals surface area (Å²) in [7, 11) is 0. The Kier molecular flexibility index (Phi) is 9.84. The predicted molar refractivity (Wildman–Crippen MR) is 197 cm³/mol. The summed E-state index contributed by atoms with van der Waals surface area (Å²) < 4.78 is 20.1. The van der Waals surface area contributed by atoms with Crippen LogP contribution < -0.4 is 14.5 Å². The van der Waals surface area contributed by atoms with Crippen LogP contribution in [0.2, 0.25) is 0 Å². The molecule has 8 rings (SSSR count). The van der Waals surface area contributed by atoms with Crippen molar-refractivity contribution in [3.8, 4) is 6.01 Å². The van der Waals surface area contributed by atoms with Gasteiger partial charge in [0.15, 0.2) is 0 Å². The number of aromatic nitrogens is 4. The zero-order valence-corrected chi connectivity index (χ0v) is 29.1. The third-order valence-corrected chi connectivity index (χ3v) is 10.2. The number of imidazole rings is 1. The normalized spacial score (nSPS) is 18.9. The van der Waals surface area contributed by atoms with Crippen molar-refractivity contribution in [2.75, 3.05) is 49.1 Å². The Bertz CT molecular complexity index is 2050. The molecule has 5 heterocycles. The van der Waals surface area contributed by atoms with E-state index in [0.29, 0.717) is 26.2 Å². The van der Waals surface area contributed by atoms with Gasteiger partial charge in [0.05, 0.1) is 12.2 Å². The topological polar surface area (TPSA) is 102 Å². The summed E-state index contributed by atoms with van der Waals surface area (Å²) in [6.45, 7) is 11.8. The standard InChI is InChI=1S/C40H42N8O4/c1-41-24-31-25-46(21-22-47(31)40(49)52-27-29-10-3-2-4-11-29)38-33-17-19-45(35-15-9-13-30-12-5-6-14-32(30)35)26-34(33)43-39(44-38)51-28-36-42-18-20-48(36)37-16-7-8-23-50-37/h2-6,9-15,18,20,31,37H,7-8,16-17,19,21-28H2/t31-,37?/m0/s1. The fourth-order valence-electron chi connectivity index (χ4n) is 7.55. The Morgan fingerprint density at radius 2 is 1.81 bits per heavy atom. The first-order chi connectivity index (χ1) is 25.6. The molecule has 3 aliphatic heterocycles. The van der Waals surface area contributed by atoms with Crippen molar-refractivity contribution in [3.05, 3.63) is 119 Å². The van der Waals surface area contributed by atoms with Crippen molar-refractivity contribution in [1.82, 2.24) is 24.4 Å². The van der Waals surface area contributed by atoms with Gasteiger partial charge in [0, 0.05) is 61.8 Å². The minimum atomic E-state index is -0.408. The van der Waals surface area contributed by atoms with Gasteiger partial charge in [0.25, 0.3) is 0 Å². The highest BCUT2D eigenvalue weighted by molar-refractivity contribution is 5.94. The van der Waals surface area contributed by atoms with E-state index >= 15 is 0 Å². The summed E-state index contributed by atoms with van der Waals surface area (Å²) in [6.07, 6.45) is 7.11. The van der Waals surface area contributed by atoms with Gasteiger partial charge in [0.1, 0.15) is 37.1 Å². The van der Waals surface area contributed by atoms with E-state index in [4.69, 9.17) is 30.8 Å². The van der Waals surface area contributed by atoms with Gasteiger partial charge in [-0.15, -0.1) is 0 Å². The fourth-order valence-corrected chi connectivity index (χ4v) is 7.55. The second-order valence-corrected chi connectivity index (χ2v) is 13.5. The number of hydrogen-bond acceptors (Lipinski definition) is 9. The monoisotopic (exact) mass is 698 g/mol. The van der Waals surface area contributed by atoms with Crippen molar-refractivity contribution in [2.24, 2.45) is 0 Å². The van der Waals surface area contributed by atoms with Crippen LogP contribution in [0.15, 0.2) is 85.2 Å². The molecule has 0 N–H and O–H groups in total. The lowest BCUT2D eigenvalue weighted by Gasteiger charge is -2.40. The first-order valence-electron chi connectivity index (χ1n) is 18.1. The van der Waals surface area contributed by atoms with Gasteiger partial charge in [-0.1, -0.05) is 66.7 Å². The summed E-state index contributed by atoms with van der Waals surface area (Å²) in [5.74, 6) is 1.55. The number of ether oxygens (including phenoxy) is 3. The van der Waals surface area contributed by atoms with Crippen molar-refractivity contribution in [2.45, 2.75) is 57.7 Å². The third kappa shape index (κ3) is 7.09. The van der Waals surface area contributed by atoms with Crippen LogP contribution in [-0.2, 0) is 35.7 Å². The molecule has 3 aliphatic rings. The van der Waals surface area contributed by atoms with Crippen molar-refractivity contribution in [1.29, 1.82) is 0 Å². The quantitative estimate of drug-likeness (QED) is 0.162. The molecule has 1 unspecified atom stereocenters. The van der Waals surface area contributed by atoms with E-state index in [2.05, 4.69) is 62.1 Å². The van der Waals surface area contributed by atoms with E-state index in [1.807, 2.05) is 41.1 Å². The zero-order chi connectivity index (χ0) is 35.3. The summed E-state index contributed by atoms with van der Waals surface area (Å²) in [5.41, 5.74) is 4.07. The van der Waals surface area contributed by atoms with Crippen LogP contribution in [0.25, 0.3) is 15.6 Å². The van der Waals surface area contributed by atoms with Crippen molar-refractivity contribution >= 4 is 28.4 Å². The molecule has 0 bridgehead atoms. The highest BCUT2D eigenvalue weighted by Gasteiger charge is 2.36. The van der Waals surface area contributed by atoms with E-state index < -0.39 is 6.09 Å². The van der Waals surface area contributed by atoms with Crippen molar-refractivity contribution < 1.29 is 19.0 Å². The van der Waals surface area contributed by atoms with Gasteiger partial charge in [-0.3, -0.25) is 4.90 Å². The molecule has 2 saturated heterocycles. The number of anilines is 2. The Morgan fingerprint density at radius 3 is 2.67 bits per heavy atom. The second kappa shape index (κ2) is 15.3. The zero-order valence-electron chi connectivity index (χ0n) is 29.1. The van der Waals surface area contributed by atoms with Crippen LogP contribution in [0, 0.1) is 6.57 Å². The van der Waals surface area contributed by atoms with Crippen LogP contribution in [0.5, 0.6) is 6.01 Å². The molecule has 5 aromatic rings. The number of piperazine rings is 1. The molecule has 2 fully saturated rings. The predicted octanol–water partition coefficient (Wildman–Crippen LogP) is 6.41. The molecule has 266 valence electrons. The summed E-state index contributed by atoms with van der Waals surface area (Å²) in [5, 5.41) is 2.40. The van der Waals surface area contributed by atoms with Crippen LogP contribution >= 0.6 is 0 Å². The lowest BCUT2D eigenvalue weighted by atomic mass is 10.0. The molecule has 0 spiro atoms. The van der Waals surface area contributed by atoms with Gasteiger partial charge in [-0.2, -0.15) is 9.97 Å². The first kappa shape index (κ1) is 33.5. The van der Waals surface area contributed by atoms with E-state index in [0.717, 1.165) is 67.3 Å². The molecule has 12 heteroatoms. The van der Waals surface area contributed by atoms with Crippen LogP contribution in [-0.4, -0.2) is 75.9 Å². The Labute approximate surface area is 303 Å². The molecule has 12 nitrogen and oxygen atoms in total. The Morgan fingerprint density at radius 1 is 0.942 bits per heavy atom. The summed E-state index contributed by atoms with van der Waals surface area (Å²) in [4.78, 5) is 37.9. The molecule has 3 aromatic carbocycles. The number of rotatable bonds is 9. The van der Waals surface area contributed by atoms with E-state index in [-0.39, 0.29) is 38.0 Å². The van der Waals surface area contributed by atoms with Crippen LogP contribution in [0.1, 0.15) is 48.1 Å². The number of carbonyl (C=O) groups excluding carboxylic acids is 1. The second-order valence-electron chi connectivity index (χ2n) is 13.5. The Hall–Kier alpha value is -5.67. The SMILES string of the molecule is [C-]#[N+]C[C@H]1CN(c2nc(OCc3nccn3C3CCCCO3)nc3c2CCN(c2cccc4ccccc24)C3)CCN1C(=O)OCc1ccccc1. The number of fused-ring (bicyclic) bond motifs is 2. The minimum Gasteiger partial charge on any atom is -0.455 e. The van der Waals surface area contributed by atoms with E-state index in [1.165, 1.54) is 16.5 Å². The smallest absolute Gasteiger partial charge is 0.410 e. The fraction of sp³-hybridized carbons (Fsp3) is 0.375. The molecular formula is C40H42N8O4. The van der Waals surface area contributed by atoms with E-state index in [9.17, 15) is 4.79 Å². The molecule has 52 heavy (non-hydrogen) atoms. The third-order valence-electron chi connectivity index (χ3n) is 10.2. The number of benzene rings is 3. The first-order valence-corrected chi connectivity index (χ1v) is 18.1. The highest BCUT2D eigenvalue weighted by Crippen LogP contribution is 2.35. The highest BCUT2D eigenvalue weighted by atomic mass is 16.6. The summed E-state index contributed by atoms with van der Waals surface area (Å²) in [6, 6.07) is 24.4. The molecule has 0 radical (unpaired) electrons. The molecular weight excluding hydrogens is 656 g/mol. The molecule has 2 aromatic heterocycles. The number of amides is 1. The maximum Gasteiger partial charge on any atom is 0.410 e. The number of nitrogens with zero attached hydrogens (tertiary/aromatic N) is 8. The van der Waals surface area contributed by atoms with Crippen LogP contribution in [0.3, 0.4) is 0 Å². The van der Waals surface area contributed by atoms with E-state index in [1.54, 1.807) is 11.1 Å². The largest absolute Gasteiger partial charge is 0.455 e. The lowest BCUT2D eigenvalue weighted by molar-refractivity contribution is -0.0349. The van der Waals surface area contributed by atoms with Crippen molar-refractivity contribution in [3.63, 3.8) is 0 Å².